The number of aliphatic carboxylic acids is 1. The maximum Gasteiger partial charge on any atom is 0.347 e. The van der Waals surface area contributed by atoms with Crippen LogP contribution in [0.3, 0.4) is 0 Å². The Morgan fingerprint density at radius 3 is 2.36 bits per heavy atom. The van der Waals surface area contributed by atoms with Gasteiger partial charge in [0.1, 0.15) is 11.5 Å². The van der Waals surface area contributed by atoms with E-state index < -0.39 is 11.6 Å². The van der Waals surface area contributed by atoms with Crippen molar-refractivity contribution in [3.63, 3.8) is 0 Å². The van der Waals surface area contributed by atoms with Gasteiger partial charge < -0.3 is 14.6 Å². The van der Waals surface area contributed by atoms with E-state index in [0.717, 1.165) is 31.7 Å². The first kappa shape index (κ1) is 22.9. The highest BCUT2D eigenvalue weighted by molar-refractivity contribution is 5.76. The number of hydrogen-bond donors (Lipinski definition) is 1. The summed E-state index contributed by atoms with van der Waals surface area (Å²) in [4.78, 5) is 13.8. The molecule has 0 bridgehead atoms. The number of carboxylic acids is 1. The fourth-order valence-corrected chi connectivity index (χ4v) is 4.28. The third kappa shape index (κ3) is 5.55. The van der Waals surface area contributed by atoms with Crippen LogP contribution >= 0.6 is 0 Å². The van der Waals surface area contributed by atoms with E-state index in [-0.39, 0.29) is 6.04 Å². The zero-order chi connectivity index (χ0) is 23.3. The van der Waals surface area contributed by atoms with Crippen LogP contribution in [0.25, 0.3) is 0 Å². The van der Waals surface area contributed by atoms with E-state index in [1.165, 1.54) is 30.5 Å². The number of fused-ring (bicyclic) bond motifs is 1. The molecule has 0 amide bonds. The normalized spacial score (nSPS) is 16.1. The molecule has 172 valence electrons. The fraction of sp³-hybridized carbons (Fsp3) is 0.321. The molecule has 1 N–H and O–H groups in total. The SMILES string of the molecule is CC(C)(Oc1ccc(OCCCN2CCc3ccccc3C2c2ccccc2)cc1)C(=O)O. The molecule has 5 heteroatoms. The summed E-state index contributed by atoms with van der Waals surface area (Å²) in [5.74, 6) is 0.253. The highest BCUT2D eigenvalue weighted by atomic mass is 16.5. The van der Waals surface area contributed by atoms with Gasteiger partial charge in [-0.25, -0.2) is 4.79 Å². The Balaban J connectivity index is 1.34. The first-order chi connectivity index (χ1) is 15.9. The highest BCUT2D eigenvalue weighted by Gasteiger charge is 2.29. The molecule has 0 radical (unpaired) electrons. The van der Waals surface area contributed by atoms with Crippen LogP contribution in [0.2, 0.25) is 0 Å². The van der Waals surface area contributed by atoms with Crippen LogP contribution in [0.4, 0.5) is 0 Å². The number of benzene rings is 3. The summed E-state index contributed by atoms with van der Waals surface area (Å²) < 4.78 is 11.5. The number of rotatable bonds is 9. The van der Waals surface area contributed by atoms with Gasteiger partial charge in [0.15, 0.2) is 5.60 Å². The molecule has 1 atom stereocenters. The Morgan fingerprint density at radius 2 is 1.64 bits per heavy atom. The van der Waals surface area contributed by atoms with E-state index in [9.17, 15) is 9.90 Å². The molecular formula is C28H31NO4. The molecule has 4 rings (SSSR count). The van der Waals surface area contributed by atoms with Gasteiger partial charge in [-0.3, -0.25) is 4.90 Å². The van der Waals surface area contributed by atoms with Crippen LogP contribution < -0.4 is 9.47 Å². The van der Waals surface area contributed by atoms with E-state index in [1.807, 2.05) is 12.1 Å². The molecule has 0 aliphatic carbocycles. The molecule has 1 aliphatic heterocycles. The van der Waals surface area contributed by atoms with E-state index in [4.69, 9.17) is 9.47 Å². The van der Waals surface area contributed by atoms with Gasteiger partial charge in [0, 0.05) is 13.1 Å². The number of carboxylic acid groups (broad SMARTS) is 1. The third-order valence-electron chi connectivity index (χ3n) is 6.07. The summed E-state index contributed by atoms with van der Waals surface area (Å²) in [5, 5.41) is 9.20. The van der Waals surface area contributed by atoms with Gasteiger partial charge in [0.05, 0.1) is 12.6 Å². The van der Waals surface area contributed by atoms with Crippen LogP contribution in [-0.2, 0) is 11.2 Å². The summed E-state index contributed by atoms with van der Waals surface area (Å²) in [6.45, 7) is 5.65. The molecule has 1 aliphatic rings. The summed E-state index contributed by atoms with van der Waals surface area (Å²) >= 11 is 0. The van der Waals surface area contributed by atoms with Gasteiger partial charge in [0.2, 0.25) is 0 Å². The van der Waals surface area contributed by atoms with E-state index in [1.54, 1.807) is 12.1 Å². The number of carbonyl (C=O) groups is 1. The lowest BCUT2D eigenvalue weighted by Gasteiger charge is -2.37. The summed E-state index contributed by atoms with van der Waals surface area (Å²) in [5.41, 5.74) is 2.89. The molecule has 0 saturated carbocycles. The van der Waals surface area contributed by atoms with Crippen LogP contribution in [-0.4, -0.2) is 41.3 Å². The van der Waals surface area contributed by atoms with Crippen molar-refractivity contribution in [1.82, 2.24) is 4.90 Å². The van der Waals surface area contributed by atoms with Crippen LogP contribution in [0.15, 0.2) is 78.9 Å². The quantitative estimate of drug-likeness (QED) is 0.450. The maximum atomic E-state index is 11.2. The van der Waals surface area contributed by atoms with Crippen molar-refractivity contribution in [3.8, 4) is 11.5 Å². The average Bonchev–Trinajstić information content (AvgIpc) is 2.83. The lowest BCUT2D eigenvalue weighted by molar-refractivity contribution is -0.152. The molecule has 1 unspecified atom stereocenters. The van der Waals surface area contributed by atoms with E-state index in [2.05, 4.69) is 59.5 Å². The van der Waals surface area contributed by atoms with Crippen LogP contribution in [0, 0.1) is 0 Å². The minimum Gasteiger partial charge on any atom is -0.494 e. The van der Waals surface area contributed by atoms with Crippen molar-refractivity contribution in [3.05, 3.63) is 95.6 Å². The van der Waals surface area contributed by atoms with Gasteiger partial charge in [-0.1, -0.05) is 54.6 Å². The van der Waals surface area contributed by atoms with Crippen molar-refractivity contribution in [2.24, 2.45) is 0 Å². The molecule has 3 aromatic rings. The van der Waals surface area contributed by atoms with E-state index >= 15 is 0 Å². The molecule has 0 saturated heterocycles. The first-order valence-electron chi connectivity index (χ1n) is 11.5. The van der Waals surface area contributed by atoms with Crippen molar-refractivity contribution in [1.29, 1.82) is 0 Å². The summed E-state index contributed by atoms with van der Waals surface area (Å²) in [6.07, 6.45) is 1.98. The molecular weight excluding hydrogens is 414 g/mol. The van der Waals surface area contributed by atoms with Gasteiger partial charge in [-0.2, -0.15) is 0 Å². The fourth-order valence-electron chi connectivity index (χ4n) is 4.28. The maximum absolute atomic E-state index is 11.2. The van der Waals surface area contributed by atoms with Gasteiger partial charge in [-0.15, -0.1) is 0 Å². The Bertz CT molecular complexity index is 1060. The lowest BCUT2D eigenvalue weighted by atomic mass is 9.88. The minimum absolute atomic E-state index is 0.269. The van der Waals surface area contributed by atoms with Crippen LogP contribution in [0.1, 0.15) is 43.0 Å². The largest absolute Gasteiger partial charge is 0.494 e. The lowest BCUT2D eigenvalue weighted by Crippen LogP contribution is -2.37. The Labute approximate surface area is 195 Å². The predicted molar refractivity (Wildman–Crippen MR) is 129 cm³/mol. The average molecular weight is 446 g/mol. The summed E-state index contributed by atoms with van der Waals surface area (Å²) in [7, 11) is 0. The number of hydrogen-bond acceptors (Lipinski definition) is 4. The molecule has 1 heterocycles. The van der Waals surface area contributed by atoms with Crippen molar-refractivity contribution < 1.29 is 19.4 Å². The van der Waals surface area contributed by atoms with Gasteiger partial charge in [0.25, 0.3) is 0 Å². The zero-order valence-corrected chi connectivity index (χ0v) is 19.2. The number of ether oxygens (including phenoxy) is 2. The second-order valence-electron chi connectivity index (χ2n) is 8.89. The van der Waals surface area contributed by atoms with Crippen molar-refractivity contribution in [2.75, 3.05) is 19.7 Å². The topological polar surface area (TPSA) is 59.0 Å². The second-order valence-corrected chi connectivity index (χ2v) is 8.89. The van der Waals surface area contributed by atoms with E-state index in [0.29, 0.717) is 12.4 Å². The molecule has 33 heavy (non-hydrogen) atoms. The van der Waals surface area contributed by atoms with Crippen molar-refractivity contribution >= 4 is 5.97 Å². The van der Waals surface area contributed by atoms with Crippen molar-refractivity contribution in [2.45, 2.75) is 38.3 Å². The minimum atomic E-state index is -1.27. The number of nitrogens with zero attached hydrogens (tertiary/aromatic N) is 1. The second kappa shape index (κ2) is 10.1. The highest BCUT2D eigenvalue weighted by Crippen LogP contribution is 2.35. The standard InChI is InChI=1S/C28H31NO4/c1-28(2,27(30)31)33-24-15-13-23(14-16-24)32-20-8-18-29-19-17-21-9-6-7-12-25(21)26(29)22-10-4-3-5-11-22/h3-7,9-16,26H,8,17-20H2,1-2H3,(H,30,31). The van der Waals surface area contributed by atoms with Crippen LogP contribution in [0.5, 0.6) is 11.5 Å². The molecule has 5 nitrogen and oxygen atoms in total. The van der Waals surface area contributed by atoms with Gasteiger partial charge in [-0.05, 0) is 67.6 Å². The Morgan fingerprint density at radius 1 is 0.970 bits per heavy atom. The molecule has 0 aromatic heterocycles. The third-order valence-corrected chi connectivity index (χ3v) is 6.07. The summed E-state index contributed by atoms with van der Waals surface area (Å²) in [6, 6.07) is 26.9. The van der Waals surface area contributed by atoms with Gasteiger partial charge >= 0.3 is 5.97 Å². The monoisotopic (exact) mass is 445 g/mol. The Kier molecular flexibility index (Phi) is 6.99. The smallest absolute Gasteiger partial charge is 0.347 e. The zero-order valence-electron chi connectivity index (χ0n) is 19.2. The predicted octanol–water partition coefficient (Wildman–Crippen LogP) is 5.35. The first-order valence-corrected chi connectivity index (χ1v) is 11.5. The molecule has 0 fully saturated rings. The Hall–Kier alpha value is -3.31. The molecule has 0 spiro atoms. The molecule has 3 aromatic carbocycles.